The monoisotopic (exact) mass is 284 g/mol. The van der Waals surface area contributed by atoms with E-state index in [0.29, 0.717) is 6.54 Å². The molecule has 0 radical (unpaired) electrons. The highest BCUT2D eigenvalue weighted by Gasteiger charge is 2.16. The van der Waals surface area contributed by atoms with Crippen LogP contribution in [-0.2, 0) is 11.2 Å². The van der Waals surface area contributed by atoms with Crippen molar-refractivity contribution < 1.29 is 4.74 Å². The minimum Gasteiger partial charge on any atom is -0.377 e. The van der Waals surface area contributed by atoms with Gasteiger partial charge >= 0.3 is 0 Å². The van der Waals surface area contributed by atoms with Crippen LogP contribution in [0.15, 0.2) is 10.4 Å². The number of thiazole rings is 1. The van der Waals surface area contributed by atoms with Gasteiger partial charge in [0, 0.05) is 39.0 Å². The molecule has 0 aliphatic heterocycles. The zero-order chi connectivity index (χ0) is 14.3. The summed E-state index contributed by atoms with van der Waals surface area (Å²) in [6, 6.07) is 0. The van der Waals surface area contributed by atoms with E-state index in [0.717, 1.165) is 29.6 Å². The van der Waals surface area contributed by atoms with E-state index >= 15 is 0 Å². The molecule has 6 heteroatoms. The quantitative estimate of drug-likeness (QED) is 0.615. The standard InChI is InChI=1S/C13H24N4OS/c1-10-17-11(8-19-10)6-7-15-12(14-4)16-9-13(2,3)18-5/h8H,6-7,9H2,1-5H3,(H2,14,15,16). The van der Waals surface area contributed by atoms with Crippen molar-refractivity contribution in [2.24, 2.45) is 4.99 Å². The largest absolute Gasteiger partial charge is 0.377 e. The van der Waals surface area contributed by atoms with Gasteiger partial charge < -0.3 is 15.4 Å². The van der Waals surface area contributed by atoms with Crippen molar-refractivity contribution in [3.05, 3.63) is 16.1 Å². The van der Waals surface area contributed by atoms with E-state index < -0.39 is 0 Å². The molecule has 2 N–H and O–H groups in total. The highest BCUT2D eigenvalue weighted by molar-refractivity contribution is 7.09. The van der Waals surface area contributed by atoms with Crippen LogP contribution < -0.4 is 10.6 Å². The summed E-state index contributed by atoms with van der Waals surface area (Å²) in [7, 11) is 3.48. The highest BCUT2D eigenvalue weighted by Crippen LogP contribution is 2.07. The van der Waals surface area contributed by atoms with Crippen molar-refractivity contribution in [2.75, 3.05) is 27.2 Å². The Morgan fingerprint density at radius 1 is 1.47 bits per heavy atom. The van der Waals surface area contributed by atoms with Gasteiger partial charge in [-0.3, -0.25) is 4.99 Å². The molecule has 0 amide bonds. The zero-order valence-electron chi connectivity index (χ0n) is 12.4. The molecule has 0 aromatic carbocycles. The first-order valence-corrected chi connectivity index (χ1v) is 7.25. The number of aliphatic imine (C=N–C) groups is 1. The van der Waals surface area contributed by atoms with E-state index in [4.69, 9.17) is 4.74 Å². The minimum atomic E-state index is -0.205. The molecule has 108 valence electrons. The molecule has 1 rings (SSSR count). The summed E-state index contributed by atoms with van der Waals surface area (Å²) >= 11 is 1.68. The lowest BCUT2D eigenvalue weighted by molar-refractivity contribution is 0.0268. The molecule has 0 saturated carbocycles. The number of nitrogens with one attached hydrogen (secondary N) is 2. The average molecular weight is 284 g/mol. The Morgan fingerprint density at radius 2 is 2.21 bits per heavy atom. The third-order valence-corrected chi connectivity index (χ3v) is 3.62. The van der Waals surface area contributed by atoms with E-state index in [1.807, 2.05) is 20.8 Å². The maximum absolute atomic E-state index is 5.36. The van der Waals surface area contributed by atoms with Crippen molar-refractivity contribution in [1.29, 1.82) is 0 Å². The van der Waals surface area contributed by atoms with Crippen molar-refractivity contribution in [1.82, 2.24) is 15.6 Å². The molecule has 0 aliphatic carbocycles. The van der Waals surface area contributed by atoms with Crippen molar-refractivity contribution in [2.45, 2.75) is 32.8 Å². The third kappa shape index (κ3) is 6.02. The van der Waals surface area contributed by atoms with Crippen LogP contribution in [0.4, 0.5) is 0 Å². The molecule has 0 aliphatic rings. The Balaban J connectivity index is 2.30. The maximum atomic E-state index is 5.36. The smallest absolute Gasteiger partial charge is 0.191 e. The molecule has 1 aromatic rings. The van der Waals surface area contributed by atoms with Crippen LogP contribution in [0.1, 0.15) is 24.5 Å². The van der Waals surface area contributed by atoms with Crippen molar-refractivity contribution in [3.63, 3.8) is 0 Å². The van der Waals surface area contributed by atoms with Gasteiger partial charge in [0.1, 0.15) is 0 Å². The van der Waals surface area contributed by atoms with Gasteiger partial charge in [-0.05, 0) is 20.8 Å². The van der Waals surface area contributed by atoms with Crippen LogP contribution in [0.3, 0.4) is 0 Å². The maximum Gasteiger partial charge on any atom is 0.191 e. The van der Waals surface area contributed by atoms with Crippen molar-refractivity contribution >= 4 is 17.3 Å². The fourth-order valence-corrected chi connectivity index (χ4v) is 2.07. The lowest BCUT2D eigenvalue weighted by atomic mass is 10.1. The van der Waals surface area contributed by atoms with E-state index in [1.165, 1.54) is 0 Å². The lowest BCUT2D eigenvalue weighted by Crippen LogP contribution is -2.45. The highest BCUT2D eigenvalue weighted by atomic mass is 32.1. The second-order valence-corrected chi connectivity index (χ2v) is 5.99. The Morgan fingerprint density at radius 3 is 2.74 bits per heavy atom. The van der Waals surface area contributed by atoms with Crippen LogP contribution in [0, 0.1) is 6.92 Å². The molecule has 0 atom stereocenters. The number of aryl methyl sites for hydroxylation is 1. The number of aromatic nitrogens is 1. The third-order valence-electron chi connectivity index (χ3n) is 2.80. The molecular weight excluding hydrogens is 260 g/mol. The summed E-state index contributed by atoms with van der Waals surface area (Å²) in [6.07, 6.45) is 0.901. The second kappa shape index (κ2) is 7.45. The van der Waals surface area contributed by atoms with Crippen LogP contribution in [0.5, 0.6) is 0 Å². The van der Waals surface area contributed by atoms with Crippen LogP contribution >= 0.6 is 11.3 Å². The Labute approximate surface area is 119 Å². The van der Waals surface area contributed by atoms with Crippen LogP contribution in [0.25, 0.3) is 0 Å². The first kappa shape index (κ1) is 15.9. The molecule has 1 aromatic heterocycles. The SMILES string of the molecule is CN=C(NCCc1csc(C)n1)NCC(C)(C)OC. The summed E-state index contributed by atoms with van der Waals surface area (Å²) < 4.78 is 5.36. The van der Waals surface area contributed by atoms with Gasteiger partial charge in [0.2, 0.25) is 0 Å². The van der Waals surface area contributed by atoms with Gasteiger partial charge in [-0.15, -0.1) is 11.3 Å². The van der Waals surface area contributed by atoms with Crippen LogP contribution in [0.2, 0.25) is 0 Å². The number of hydrogen-bond donors (Lipinski definition) is 2. The molecule has 0 saturated heterocycles. The minimum absolute atomic E-state index is 0.205. The number of rotatable bonds is 6. The Bertz CT molecular complexity index is 415. The van der Waals surface area contributed by atoms with Gasteiger partial charge in [0.05, 0.1) is 16.3 Å². The summed E-state index contributed by atoms with van der Waals surface area (Å²) in [5.74, 6) is 0.789. The number of nitrogens with zero attached hydrogens (tertiary/aromatic N) is 2. The zero-order valence-corrected chi connectivity index (χ0v) is 13.2. The number of ether oxygens (including phenoxy) is 1. The van der Waals surface area contributed by atoms with Gasteiger partial charge in [-0.1, -0.05) is 0 Å². The predicted octanol–water partition coefficient (Wildman–Crippen LogP) is 1.58. The number of methoxy groups -OCH3 is 1. The van der Waals surface area contributed by atoms with E-state index in [2.05, 4.69) is 26.0 Å². The average Bonchev–Trinajstić information content (AvgIpc) is 2.79. The number of guanidine groups is 1. The topological polar surface area (TPSA) is 58.5 Å². The van der Waals surface area contributed by atoms with Gasteiger partial charge in [-0.2, -0.15) is 0 Å². The Hall–Kier alpha value is -1.14. The van der Waals surface area contributed by atoms with E-state index in [1.54, 1.807) is 25.5 Å². The van der Waals surface area contributed by atoms with E-state index in [9.17, 15) is 0 Å². The first-order valence-electron chi connectivity index (χ1n) is 6.37. The predicted molar refractivity (Wildman–Crippen MR) is 81.0 cm³/mol. The molecule has 0 unspecified atom stereocenters. The molecule has 19 heavy (non-hydrogen) atoms. The summed E-state index contributed by atoms with van der Waals surface area (Å²) in [5.41, 5.74) is 0.923. The Kier molecular flexibility index (Phi) is 6.24. The normalized spacial score (nSPS) is 12.6. The molecule has 0 bridgehead atoms. The van der Waals surface area contributed by atoms with Gasteiger partial charge in [0.25, 0.3) is 0 Å². The number of hydrogen-bond acceptors (Lipinski definition) is 4. The van der Waals surface area contributed by atoms with Gasteiger partial charge in [-0.25, -0.2) is 4.98 Å². The summed E-state index contributed by atoms with van der Waals surface area (Å²) in [5, 5.41) is 9.73. The lowest BCUT2D eigenvalue weighted by Gasteiger charge is -2.24. The molecule has 0 fully saturated rings. The molecule has 5 nitrogen and oxygen atoms in total. The van der Waals surface area contributed by atoms with E-state index in [-0.39, 0.29) is 5.60 Å². The first-order chi connectivity index (χ1) is 8.96. The molecule has 1 heterocycles. The second-order valence-electron chi connectivity index (χ2n) is 4.92. The van der Waals surface area contributed by atoms with Crippen LogP contribution in [-0.4, -0.2) is 43.8 Å². The molecule has 0 spiro atoms. The van der Waals surface area contributed by atoms with Gasteiger partial charge in [0.15, 0.2) is 5.96 Å². The fraction of sp³-hybridized carbons (Fsp3) is 0.692. The molecular formula is C13H24N4OS. The van der Waals surface area contributed by atoms with Crippen molar-refractivity contribution in [3.8, 4) is 0 Å². The summed E-state index contributed by atoms with van der Waals surface area (Å²) in [6.45, 7) is 7.61. The summed E-state index contributed by atoms with van der Waals surface area (Å²) in [4.78, 5) is 8.61. The fourth-order valence-electron chi connectivity index (χ4n) is 1.42.